The van der Waals surface area contributed by atoms with Crippen LogP contribution < -0.4 is 5.73 Å². The molecule has 2 rings (SSSR count). The molecule has 2 aromatic rings. The number of aryl methyl sites for hydroxylation is 2. The number of thioether (sulfide) groups is 1. The summed E-state index contributed by atoms with van der Waals surface area (Å²) in [7, 11) is 1.95. The fourth-order valence-corrected chi connectivity index (χ4v) is 2.75. The van der Waals surface area contributed by atoms with Gasteiger partial charge < -0.3 is 5.73 Å². The molecule has 1 heterocycles. The number of hydrogen-bond donors (Lipinski definition) is 1. The van der Waals surface area contributed by atoms with Crippen molar-refractivity contribution in [3.8, 4) is 0 Å². The van der Waals surface area contributed by atoms with Crippen LogP contribution in [0, 0.1) is 6.92 Å². The Labute approximate surface area is 110 Å². The second-order valence-electron chi connectivity index (χ2n) is 3.87. The lowest BCUT2D eigenvalue weighted by Crippen LogP contribution is -1.96. The van der Waals surface area contributed by atoms with Crippen LogP contribution in [0.2, 0.25) is 5.02 Å². The Bertz CT molecular complexity index is 537. The molecule has 0 aliphatic rings. The summed E-state index contributed by atoms with van der Waals surface area (Å²) >= 11 is 7.55. The van der Waals surface area contributed by atoms with Gasteiger partial charge in [0.05, 0.1) is 5.69 Å². The summed E-state index contributed by atoms with van der Waals surface area (Å²) in [6.07, 6.45) is 0. The maximum Gasteiger partial charge on any atom is 0.0596 e. The minimum Gasteiger partial charge on any atom is -0.398 e. The minimum absolute atomic E-state index is 0.670. The summed E-state index contributed by atoms with van der Waals surface area (Å²) in [5.74, 6) is 0.850. The van der Waals surface area contributed by atoms with Crippen molar-refractivity contribution in [3.05, 3.63) is 40.7 Å². The quantitative estimate of drug-likeness (QED) is 0.686. The van der Waals surface area contributed by atoms with Crippen LogP contribution in [-0.2, 0) is 12.8 Å². The van der Waals surface area contributed by atoms with Gasteiger partial charge in [0.2, 0.25) is 0 Å². The number of rotatable bonds is 3. The van der Waals surface area contributed by atoms with Crippen LogP contribution in [0.4, 0.5) is 5.69 Å². The fraction of sp³-hybridized carbons (Fsp3) is 0.250. The topological polar surface area (TPSA) is 43.8 Å². The molecule has 0 amide bonds. The van der Waals surface area contributed by atoms with Crippen molar-refractivity contribution in [3.63, 3.8) is 0 Å². The highest BCUT2D eigenvalue weighted by Gasteiger charge is 2.05. The van der Waals surface area contributed by atoms with E-state index in [9.17, 15) is 0 Å². The van der Waals surface area contributed by atoms with Gasteiger partial charge in [-0.15, -0.1) is 11.8 Å². The third-order valence-electron chi connectivity index (χ3n) is 2.45. The second kappa shape index (κ2) is 5.02. The molecule has 0 radical (unpaired) electrons. The summed E-state index contributed by atoms with van der Waals surface area (Å²) in [6.45, 7) is 1.99. The van der Waals surface area contributed by atoms with E-state index in [4.69, 9.17) is 17.3 Å². The smallest absolute Gasteiger partial charge is 0.0596 e. The minimum atomic E-state index is 0.670. The molecule has 90 valence electrons. The molecule has 0 aliphatic carbocycles. The molecule has 17 heavy (non-hydrogen) atoms. The lowest BCUT2D eigenvalue weighted by molar-refractivity contribution is 0.727. The SMILES string of the molecule is Cc1cc(CSc2ccc(Cl)cc2N)n(C)n1. The summed E-state index contributed by atoms with van der Waals surface area (Å²) in [6, 6.07) is 7.66. The lowest BCUT2D eigenvalue weighted by atomic mass is 10.3. The first-order valence-electron chi connectivity index (χ1n) is 5.23. The Morgan fingerprint density at radius 1 is 1.41 bits per heavy atom. The molecule has 0 saturated heterocycles. The van der Waals surface area contributed by atoms with Crippen LogP contribution in [0.5, 0.6) is 0 Å². The molecular formula is C12H14ClN3S. The van der Waals surface area contributed by atoms with E-state index in [0.29, 0.717) is 5.02 Å². The van der Waals surface area contributed by atoms with Gasteiger partial charge in [-0.25, -0.2) is 0 Å². The van der Waals surface area contributed by atoms with E-state index < -0.39 is 0 Å². The number of aromatic nitrogens is 2. The molecule has 0 aliphatic heterocycles. The third-order valence-corrected chi connectivity index (χ3v) is 3.80. The first-order chi connectivity index (χ1) is 8.06. The van der Waals surface area contributed by atoms with E-state index in [1.165, 1.54) is 5.69 Å². The molecule has 1 aromatic heterocycles. The van der Waals surface area contributed by atoms with E-state index in [2.05, 4.69) is 11.2 Å². The van der Waals surface area contributed by atoms with Gasteiger partial charge in [-0.05, 0) is 31.2 Å². The van der Waals surface area contributed by atoms with Crippen molar-refractivity contribution in [2.24, 2.45) is 7.05 Å². The molecule has 5 heteroatoms. The van der Waals surface area contributed by atoms with Crippen LogP contribution >= 0.6 is 23.4 Å². The Hall–Kier alpha value is -1.13. The summed E-state index contributed by atoms with van der Waals surface area (Å²) in [5.41, 5.74) is 8.84. The van der Waals surface area contributed by atoms with Gasteiger partial charge >= 0.3 is 0 Å². The van der Waals surface area contributed by atoms with Crippen LogP contribution in [0.25, 0.3) is 0 Å². The number of hydrogen-bond acceptors (Lipinski definition) is 3. The van der Waals surface area contributed by atoms with Gasteiger partial charge in [0.15, 0.2) is 0 Å². The van der Waals surface area contributed by atoms with Crippen molar-refractivity contribution in [2.45, 2.75) is 17.6 Å². The molecule has 0 fully saturated rings. The molecule has 0 atom stereocenters. The van der Waals surface area contributed by atoms with Gasteiger partial charge in [0.25, 0.3) is 0 Å². The maximum absolute atomic E-state index is 5.90. The molecule has 1 aromatic carbocycles. The van der Waals surface area contributed by atoms with Crippen LogP contribution in [0.3, 0.4) is 0 Å². The Morgan fingerprint density at radius 3 is 2.76 bits per heavy atom. The molecule has 0 saturated carbocycles. The Balaban J connectivity index is 2.10. The Morgan fingerprint density at radius 2 is 2.18 bits per heavy atom. The van der Waals surface area contributed by atoms with E-state index >= 15 is 0 Å². The summed E-state index contributed by atoms with van der Waals surface area (Å²) in [5, 5.41) is 4.98. The number of nitrogens with zero attached hydrogens (tertiary/aromatic N) is 2. The van der Waals surface area contributed by atoms with Crippen molar-refractivity contribution in [2.75, 3.05) is 5.73 Å². The molecule has 0 bridgehead atoms. The van der Waals surface area contributed by atoms with E-state index in [1.54, 1.807) is 17.8 Å². The van der Waals surface area contributed by atoms with E-state index in [1.807, 2.05) is 30.8 Å². The zero-order chi connectivity index (χ0) is 12.4. The van der Waals surface area contributed by atoms with Gasteiger partial charge in [0, 0.05) is 34.1 Å². The monoisotopic (exact) mass is 267 g/mol. The third kappa shape index (κ3) is 2.96. The maximum atomic E-state index is 5.90. The first kappa shape index (κ1) is 12.3. The molecule has 3 nitrogen and oxygen atoms in total. The second-order valence-corrected chi connectivity index (χ2v) is 5.33. The summed E-state index contributed by atoms with van der Waals surface area (Å²) < 4.78 is 1.90. The molecule has 2 N–H and O–H groups in total. The predicted molar refractivity (Wildman–Crippen MR) is 73.4 cm³/mol. The van der Waals surface area contributed by atoms with E-state index in [0.717, 1.165) is 22.0 Å². The molecule has 0 unspecified atom stereocenters. The first-order valence-corrected chi connectivity index (χ1v) is 6.60. The zero-order valence-electron chi connectivity index (χ0n) is 9.77. The molecule has 0 spiro atoms. The number of nitrogens with two attached hydrogens (primary N) is 1. The van der Waals surface area contributed by atoms with Crippen LogP contribution in [-0.4, -0.2) is 9.78 Å². The fourth-order valence-electron chi connectivity index (χ4n) is 1.60. The van der Waals surface area contributed by atoms with Gasteiger partial charge in [0.1, 0.15) is 0 Å². The number of anilines is 1. The predicted octanol–water partition coefficient (Wildman–Crippen LogP) is 3.26. The Kier molecular flexibility index (Phi) is 3.64. The van der Waals surface area contributed by atoms with Crippen molar-refractivity contribution < 1.29 is 0 Å². The average Bonchev–Trinajstić information content (AvgIpc) is 2.56. The van der Waals surface area contributed by atoms with E-state index in [-0.39, 0.29) is 0 Å². The van der Waals surface area contributed by atoms with Crippen LogP contribution in [0.1, 0.15) is 11.4 Å². The van der Waals surface area contributed by atoms with Crippen molar-refractivity contribution in [1.82, 2.24) is 9.78 Å². The van der Waals surface area contributed by atoms with Gasteiger partial charge in [-0.3, -0.25) is 4.68 Å². The number of benzene rings is 1. The normalized spacial score (nSPS) is 10.8. The highest BCUT2D eigenvalue weighted by atomic mass is 35.5. The average molecular weight is 268 g/mol. The number of halogens is 1. The summed E-state index contributed by atoms with van der Waals surface area (Å²) in [4.78, 5) is 1.05. The molecular weight excluding hydrogens is 254 g/mol. The largest absolute Gasteiger partial charge is 0.398 e. The van der Waals surface area contributed by atoms with Gasteiger partial charge in [-0.1, -0.05) is 11.6 Å². The number of nitrogen functional groups attached to an aromatic ring is 1. The van der Waals surface area contributed by atoms with Crippen LogP contribution in [0.15, 0.2) is 29.2 Å². The van der Waals surface area contributed by atoms with Crippen molar-refractivity contribution in [1.29, 1.82) is 0 Å². The highest BCUT2D eigenvalue weighted by molar-refractivity contribution is 7.98. The highest BCUT2D eigenvalue weighted by Crippen LogP contribution is 2.30. The zero-order valence-corrected chi connectivity index (χ0v) is 11.3. The standard InChI is InChI=1S/C12H14ClN3S/c1-8-5-10(16(2)15-8)7-17-12-4-3-9(13)6-11(12)14/h3-6H,7,14H2,1-2H3. The van der Waals surface area contributed by atoms with Gasteiger partial charge in [-0.2, -0.15) is 5.10 Å². The van der Waals surface area contributed by atoms with Crippen molar-refractivity contribution >= 4 is 29.1 Å². The lowest BCUT2D eigenvalue weighted by Gasteiger charge is -2.05.